The molecule has 8 nitrogen and oxygen atoms in total. The minimum absolute atomic E-state index is 0.0822. The number of hydrogen-bond donors (Lipinski definition) is 1. The van der Waals surface area contributed by atoms with E-state index in [4.69, 9.17) is 16.0 Å². The van der Waals surface area contributed by atoms with Gasteiger partial charge in [0.15, 0.2) is 0 Å². The molecule has 144 valence electrons. The standard InChI is InChI=1S/C18H14ClN3O5S/c1-12-2-6-15(7-3-12)28(25,26)21-20-11-14-5-9-18(27-14)16-10-13(22(23)24)4-8-17(16)19/h2-11,21H,1H3/b20-11-. The Labute approximate surface area is 165 Å². The Balaban J connectivity index is 1.77. The van der Waals surface area contributed by atoms with Gasteiger partial charge in [-0.25, -0.2) is 0 Å². The molecule has 0 aliphatic rings. The van der Waals surface area contributed by atoms with Gasteiger partial charge in [-0.15, -0.1) is 0 Å². The van der Waals surface area contributed by atoms with E-state index < -0.39 is 14.9 Å². The van der Waals surface area contributed by atoms with E-state index in [1.807, 2.05) is 6.92 Å². The molecule has 1 N–H and O–H groups in total. The highest BCUT2D eigenvalue weighted by Crippen LogP contribution is 2.32. The lowest BCUT2D eigenvalue weighted by atomic mass is 10.1. The normalized spacial score (nSPS) is 11.6. The summed E-state index contributed by atoms with van der Waals surface area (Å²) in [5, 5.41) is 14.9. The van der Waals surface area contributed by atoms with Crippen LogP contribution in [-0.4, -0.2) is 19.6 Å². The van der Waals surface area contributed by atoms with Crippen LogP contribution in [0.15, 0.2) is 69.0 Å². The Morgan fingerprint density at radius 3 is 2.54 bits per heavy atom. The molecule has 0 bridgehead atoms. The van der Waals surface area contributed by atoms with Gasteiger partial charge in [0.25, 0.3) is 15.7 Å². The molecule has 0 radical (unpaired) electrons. The maximum Gasteiger partial charge on any atom is 0.276 e. The maximum atomic E-state index is 12.2. The quantitative estimate of drug-likeness (QED) is 0.366. The van der Waals surface area contributed by atoms with E-state index >= 15 is 0 Å². The van der Waals surface area contributed by atoms with Gasteiger partial charge < -0.3 is 4.42 Å². The third-order valence-corrected chi connectivity index (χ3v) is 5.32. The second kappa shape index (κ2) is 7.83. The average Bonchev–Trinajstić information content (AvgIpc) is 3.10. The lowest BCUT2D eigenvalue weighted by Gasteiger charge is -2.03. The van der Waals surface area contributed by atoms with Crippen molar-refractivity contribution in [3.05, 3.63) is 81.1 Å². The minimum Gasteiger partial charge on any atom is -0.455 e. The SMILES string of the molecule is Cc1ccc(S(=O)(=O)N/N=C\c2ccc(-c3cc([N+](=O)[O-])ccc3Cl)o2)cc1. The summed E-state index contributed by atoms with van der Waals surface area (Å²) in [5.41, 5.74) is 1.15. The molecule has 0 fully saturated rings. The summed E-state index contributed by atoms with van der Waals surface area (Å²) in [5.74, 6) is 0.528. The third-order valence-electron chi connectivity index (χ3n) is 3.75. The van der Waals surface area contributed by atoms with Crippen LogP contribution in [0.5, 0.6) is 0 Å². The predicted octanol–water partition coefficient (Wildman–Crippen LogP) is 4.13. The molecule has 0 amide bonds. The second-order valence-electron chi connectivity index (χ2n) is 5.79. The van der Waals surface area contributed by atoms with Crippen LogP contribution in [0, 0.1) is 17.0 Å². The van der Waals surface area contributed by atoms with Crippen molar-refractivity contribution in [2.45, 2.75) is 11.8 Å². The van der Waals surface area contributed by atoms with Crippen LogP contribution in [-0.2, 0) is 10.0 Å². The van der Waals surface area contributed by atoms with E-state index in [0.717, 1.165) is 5.56 Å². The van der Waals surface area contributed by atoms with Crippen molar-refractivity contribution in [2.24, 2.45) is 5.10 Å². The topological polar surface area (TPSA) is 115 Å². The van der Waals surface area contributed by atoms with E-state index in [0.29, 0.717) is 5.56 Å². The number of sulfonamides is 1. The van der Waals surface area contributed by atoms with Gasteiger partial charge >= 0.3 is 0 Å². The summed E-state index contributed by atoms with van der Waals surface area (Å²) in [6.07, 6.45) is 1.18. The summed E-state index contributed by atoms with van der Waals surface area (Å²) in [7, 11) is -3.80. The number of aryl methyl sites for hydroxylation is 1. The predicted molar refractivity (Wildman–Crippen MR) is 105 cm³/mol. The van der Waals surface area contributed by atoms with Gasteiger partial charge in [0.1, 0.15) is 11.5 Å². The highest BCUT2D eigenvalue weighted by molar-refractivity contribution is 7.89. The van der Waals surface area contributed by atoms with E-state index in [2.05, 4.69) is 9.93 Å². The Bertz CT molecular complexity index is 1150. The molecule has 0 aliphatic carbocycles. The number of furan rings is 1. The van der Waals surface area contributed by atoms with Crippen LogP contribution < -0.4 is 4.83 Å². The number of benzene rings is 2. The largest absolute Gasteiger partial charge is 0.455 e. The Morgan fingerprint density at radius 2 is 1.86 bits per heavy atom. The van der Waals surface area contributed by atoms with Crippen molar-refractivity contribution in [3.8, 4) is 11.3 Å². The van der Waals surface area contributed by atoms with E-state index in [1.165, 1.54) is 42.6 Å². The number of nitrogens with one attached hydrogen (secondary N) is 1. The van der Waals surface area contributed by atoms with Crippen LogP contribution in [0.1, 0.15) is 11.3 Å². The Morgan fingerprint density at radius 1 is 1.14 bits per heavy atom. The number of rotatable bonds is 6. The van der Waals surface area contributed by atoms with Crippen molar-refractivity contribution in [1.82, 2.24) is 4.83 Å². The molecule has 0 unspecified atom stereocenters. The Kier molecular flexibility index (Phi) is 5.48. The molecule has 2 aromatic carbocycles. The summed E-state index contributed by atoms with van der Waals surface area (Å²) < 4.78 is 29.9. The van der Waals surface area contributed by atoms with Crippen molar-refractivity contribution in [1.29, 1.82) is 0 Å². The van der Waals surface area contributed by atoms with Gasteiger partial charge in [-0.05, 0) is 37.3 Å². The molecular formula is C18H14ClN3O5S. The van der Waals surface area contributed by atoms with Gasteiger partial charge in [0, 0.05) is 17.7 Å². The zero-order valence-electron chi connectivity index (χ0n) is 14.5. The van der Waals surface area contributed by atoms with E-state index in [-0.39, 0.29) is 27.1 Å². The fraction of sp³-hybridized carbons (Fsp3) is 0.0556. The number of halogens is 1. The molecule has 1 aromatic heterocycles. The zero-order chi connectivity index (χ0) is 20.3. The smallest absolute Gasteiger partial charge is 0.276 e. The monoisotopic (exact) mass is 419 g/mol. The molecule has 0 saturated carbocycles. The fourth-order valence-electron chi connectivity index (χ4n) is 2.31. The van der Waals surface area contributed by atoms with Gasteiger partial charge in [0.2, 0.25) is 0 Å². The van der Waals surface area contributed by atoms with Crippen LogP contribution >= 0.6 is 11.6 Å². The first kappa shape index (κ1) is 19.6. The second-order valence-corrected chi connectivity index (χ2v) is 7.86. The van der Waals surface area contributed by atoms with Crippen molar-refractivity contribution < 1.29 is 17.8 Å². The van der Waals surface area contributed by atoms with Gasteiger partial charge in [-0.3, -0.25) is 10.1 Å². The number of hydrogen-bond acceptors (Lipinski definition) is 6. The number of hydrazone groups is 1. The molecule has 0 aliphatic heterocycles. The first-order valence-electron chi connectivity index (χ1n) is 7.92. The molecule has 28 heavy (non-hydrogen) atoms. The number of nitrogens with zero attached hydrogens (tertiary/aromatic N) is 2. The van der Waals surface area contributed by atoms with Crippen molar-refractivity contribution >= 4 is 33.5 Å². The molecule has 0 saturated heterocycles. The number of non-ortho nitro benzene ring substituents is 1. The molecule has 0 spiro atoms. The van der Waals surface area contributed by atoms with Gasteiger partial charge in [0.05, 0.1) is 21.1 Å². The fourth-order valence-corrected chi connectivity index (χ4v) is 3.31. The molecule has 0 atom stereocenters. The molecule has 10 heteroatoms. The average molecular weight is 420 g/mol. The lowest BCUT2D eigenvalue weighted by molar-refractivity contribution is -0.384. The van der Waals surface area contributed by atoms with Crippen molar-refractivity contribution in [2.75, 3.05) is 0 Å². The highest BCUT2D eigenvalue weighted by atomic mass is 35.5. The Hall–Kier alpha value is -3.17. The van der Waals surface area contributed by atoms with Crippen molar-refractivity contribution in [3.63, 3.8) is 0 Å². The van der Waals surface area contributed by atoms with E-state index in [1.54, 1.807) is 18.2 Å². The summed E-state index contributed by atoms with van der Waals surface area (Å²) in [6.45, 7) is 1.85. The third kappa shape index (κ3) is 4.38. The van der Waals surface area contributed by atoms with Crippen LogP contribution in [0.3, 0.4) is 0 Å². The van der Waals surface area contributed by atoms with Gasteiger partial charge in [-0.1, -0.05) is 29.3 Å². The molecule has 1 heterocycles. The van der Waals surface area contributed by atoms with Gasteiger partial charge in [-0.2, -0.15) is 18.4 Å². The number of nitro groups is 1. The first-order chi connectivity index (χ1) is 13.3. The molecule has 3 aromatic rings. The van der Waals surface area contributed by atoms with Crippen LogP contribution in [0.2, 0.25) is 5.02 Å². The van der Waals surface area contributed by atoms with Crippen LogP contribution in [0.25, 0.3) is 11.3 Å². The number of nitro benzene ring substituents is 1. The van der Waals surface area contributed by atoms with E-state index in [9.17, 15) is 18.5 Å². The zero-order valence-corrected chi connectivity index (χ0v) is 16.1. The summed E-state index contributed by atoms with van der Waals surface area (Å²) in [6, 6.07) is 13.4. The maximum absolute atomic E-state index is 12.2. The lowest BCUT2D eigenvalue weighted by Crippen LogP contribution is -2.18. The first-order valence-corrected chi connectivity index (χ1v) is 9.78. The minimum atomic E-state index is -3.80. The van der Waals surface area contributed by atoms with Crippen LogP contribution in [0.4, 0.5) is 5.69 Å². The highest BCUT2D eigenvalue weighted by Gasteiger charge is 2.15. The molecular weight excluding hydrogens is 406 g/mol. The summed E-state index contributed by atoms with van der Waals surface area (Å²) in [4.78, 5) is 12.6. The summed E-state index contributed by atoms with van der Waals surface area (Å²) >= 11 is 6.08. The molecule has 3 rings (SSSR count).